The van der Waals surface area contributed by atoms with Gasteiger partial charge in [-0.3, -0.25) is 4.57 Å². The molecule has 6 heteroatoms. The zero-order chi connectivity index (χ0) is 37.5. The predicted octanol–water partition coefficient (Wildman–Crippen LogP) is 12.5. The number of hydrogen-bond donors (Lipinski definition) is 0. The number of nitrogens with zero attached hydrogens (tertiary/aromatic N) is 6. The van der Waals surface area contributed by atoms with E-state index >= 15 is 0 Å². The van der Waals surface area contributed by atoms with Gasteiger partial charge in [0.2, 0.25) is 5.95 Å². The van der Waals surface area contributed by atoms with Gasteiger partial charge < -0.3 is 9.13 Å². The third-order valence-electron chi connectivity index (χ3n) is 11.3. The third-order valence-corrected chi connectivity index (χ3v) is 11.3. The number of hydrogen-bond acceptors (Lipinski definition) is 3. The molecule has 0 unspecified atom stereocenters. The lowest BCUT2D eigenvalue weighted by molar-refractivity contribution is 0.953. The molecule has 0 fully saturated rings. The molecule has 0 saturated heterocycles. The molecule has 6 nitrogen and oxygen atoms in total. The average Bonchev–Trinajstić information content (AvgIpc) is 3.92. The first-order valence-electron chi connectivity index (χ1n) is 19.2. The van der Waals surface area contributed by atoms with Crippen LogP contribution < -0.4 is 0 Å². The van der Waals surface area contributed by atoms with E-state index < -0.39 is 0 Å². The number of aromatic nitrogens is 6. The van der Waals surface area contributed by atoms with Crippen molar-refractivity contribution in [3.8, 4) is 40.1 Å². The van der Waals surface area contributed by atoms with Gasteiger partial charge in [-0.15, -0.1) is 0 Å². The van der Waals surface area contributed by atoms with Crippen molar-refractivity contribution in [2.45, 2.75) is 0 Å². The van der Waals surface area contributed by atoms with Crippen LogP contribution in [-0.2, 0) is 0 Å². The summed E-state index contributed by atoms with van der Waals surface area (Å²) in [5.74, 6) is 1.84. The van der Waals surface area contributed by atoms with Crippen molar-refractivity contribution in [1.29, 1.82) is 0 Å². The Morgan fingerprint density at radius 3 is 1.44 bits per heavy atom. The van der Waals surface area contributed by atoms with E-state index in [1.165, 1.54) is 32.6 Å². The van der Waals surface area contributed by atoms with E-state index in [-0.39, 0.29) is 0 Å². The Kier molecular flexibility index (Phi) is 6.83. The minimum atomic E-state index is 0.578. The molecule has 0 amide bonds. The van der Waals surface area contributed by atoms with Gasteiger partial charge in [0, 0.05) is 54.8 Å². The van der Waals surface area contributed by atoms with Gasteiger partial charge in [0.1, 0.15) is 0 Å². The van der Waals surface area contributed by atoms with Gasteiger partial charge in [-0.2, -0.15) is 9.97 Å². The molecule has 8 aromatic carbocycles. The summed E-state index contributed by atoms with van der Waals surface area (Å²) in [6.07, 6.45) is 0. The maximum Gasteiger partial charge on any atom is 0.238 e. The third kappa shape index (κ3) is 4.74. The summed E-state index contributed by atoms with van der Waals surface area (Å²) >= 11 is 0. The Morgan fingerprint density at radius 1 is 0.298 bits per heavy atom. The molecule has 0 saturated carbocycles. The summed E-state index contributed by atoms with van der Waals surface area (Å²) in [5, 5.41) is 7.19. The van der Waals surface area contributed by atoms with E-state index in [4.69, 9.17) is 15.0 Å². The molecule has 266 valence electrons. The molecule has 0 aliphatic carbocycles. The Bertz CT molecular complexity index is 3450. The van der Waals surface area contributed by atoms with Crippen LogP contribution in [0.1, 0.15) is 0 Å². The predicted molar refractivity (Wildman–Crippen MR) is 234 cm³/mol. The van der Waals surface area contributed by atoms with Crippen LogP contribution in [0.25, 0.3) is 106 Å². The second-order valence-electron chi connectivity index (χ2n) is 14.5. The molecule has 12 aromatic rings. The molecule has 0 radical (unpaired) electrons. The van der Waals surface area contributed by atoms with Crippen molar-refractivity contribution in [2.75, 3.05) is 0 Å². The lowest BCUT2D eigenvalue weighted by atomic mass is 10.1. The molecular formula is C51H32N6. The van der Waals surface area contributed by atoms with Crippen LogP contribution in [0.2, 0.25) is 0 Å². The van der Waals surface area contributed by atoms with Crippen LogP contribution >= 0.6 is 0 Å². The topological polar surface area (TPSA) is 53.5 Å². The highest BCUT2D eigenvalue weighted by molar-refractivity contribution is 6.26. The Labute approximate surface area is 327 Å². The molecule has 4 aromatic heterocycles. The number of rotatable bonds is 5. The zero-order valence-corrected chi connectivity index (χ0v) is 30.7. The molecule has 0 aliphatic rings. The monoisotopic (exact) mass is 728 g/mol. The summed E-state index contributed by atoms with van der Waals surface area (Å²) in [6.45, 7) is 0. The van der Waals surface area contributed by atoms with Crippen LogP contribution in [0.15, 0.2) is 194 Å². The first-order valence-corrected chi connectivity index (χ1v) is 19.2. The van der Waals surface area contributed by atoms with Gasteiger partial charge in [-0.05, 0) is 54.6 Å². The van der Waals surface area contributed by atoms with Gasteiger partial charge in [-0.1, -0.05) is 140 Å². The summed E-state index contributed by atoms with van der Waals surface area (Å²) in [6, 6.07) is 68.5. The van der Waals surface area contributed by atoms with E-state index in [2.05, 4.69) is 147 Å². The lowest BCUT2D eigenvalue weighted by Crippen LogP contribution is -2.06. The van der Waals surface area contributed by atoms with Crippen LogP contribution in [0, 0.1) is 0 Å². The lowest BCUT2D eigenvalue weighted by Gasteiger charge is -2.12. The highest BCUT2D eigenvalue weighted by Gasteiger charge is 2.22. The molecule has 0 bridgehead atoms. The fourth-order valence-corrected chi connectivity index (χ4v) is 8.84. The average molecular weight is 729 g/mol. The second kappa shape index (κ2) is 12.3. The smallest absolute Gasteiger partial charge is 0.238 e. The minimum Gasteiger partial charge on any atom is -0.309 e. The summed E-state index contributed by atoms with van der Waals surface area (Å²) in [5.41, 5.74) is 10.9. The van der Waals surface area contributed by atoms with Crippen molar-refractivity contribution in [3.63, 3.8) is 0 Å². The summed E-state index contributed by atoms with van der Waals surface area (Å²) in [4.78, 5) is 15.2. The molecule has 0 aliphatic heterocycles. The Hall–Kier alpha value is -7.83. The fourth-order valence-electron chi connectivity index (χ4n) is 8.84. The van der Waals surface area contributed by atoms with Gasteiger partial charge in [-0.25, -0.2) is 4.98 Å². The second-order valence-corrected chi connectivity index (χ2v) is 14.5. The summed E-state index contributed by atoms with van der Waals surface area (Å²) in [7, 11) is 0. The molecule has 57 heavy (non-hydrogen) atoms. The van der Waals surface area contributed by atoms with Crippen molar-refractivity contribution in [1.82, 2.24) is 28.7 Å². The van der Waals surface area contributed by atoms with E-state index in [1.54, 1.807) is 0 Å². The SMILES string of the molecule is c1ccc(-c2nc(-c3ccccc3)nc(-n3c4ccccc4c4cc(-n5c6ccccc6c6c5ccc5c7ccccc7n(-c7ccccc7)c56)ccc43)n2)cc1. The van der Waals surface area contributed by atoms with E-state index in [0.717, 1.165) is 55.3 Å². The standard InChI is InChI=1S/C51H32N6/c1-4-16-33(17-5-1)49-52-50(34-18-6-2-7-19-34)54-51(53-49)57-43-26-14-11-23-38(43)41-32-36(28-30-45(41)57)55-44-27-15-12-24-40(44)47-46(55)31-29-39-37-22-10-13-25-42(37)56(48(39)47)35-20-8-3-9-21-35/h1-32H. The van der Waals surface area contributed by atoms with Crippen molar-refractivity contribution < 1.29 is 0 Å². The van der Waals surface area contributed by atoms with Crippen LogP contribution in [-0.4, -0.2) is 28.7 Å². The zero-order valence-electron chi connectivity index (χ0n) is 30.7. The normalized spacial score (nSPS) is 11.9. The minimum absolute atomic E-state index is 0.578. The van der Waals surface area contributed by atoms with Gasteiger partial charge in [0.05, 0.1) is 33.1 Å². The molecule has 0 N–H and O–H groups in total. The first kappa shape index (κ1) is 31.5. The number of para-hydroxylation sites is 4. The molecular weight excluding hydrogens is 697 g/mol. The highest BCUT2D eigenvalue weighted by Crippen LogP contribution is 2.43. The molecule has 0 atom stereocenters. The van der Waals surface area contributed by atoms with Crippen LogP contribution in [0.5, 0.6) is 0 Å². The maximum absolute atomic E-state index is 5.14. The maximum atomic E-state index is 5.14. The number of benzene rings is 8. The van der Waals surface area contributed by atoms with Gasteiger partial charge in [0.15, 0.2) is 11.6 Å². The summed E-state index contributed by atoms with van der Waals surface area (Å²) < 4.78 is 7.04. The molecule has 0 spiro atoms. The van der Waals surface area contributed by atoms with Crippen molar-refractivity contribution in [2.24, 2.45) is 0 Å². The van der Waals surface area contributed by atoms with E-state index in [1.807, 2.05) is 60.7 Å². The fraction of sp³-hybridized carbons (Fsp3) is 0. The number of fused-ring (bicyclic) bond motifs is 10. The van der Waals surface area contributed by atoms with E-state index in [0.29, 0.717) is 17.6 Å². The molecule has 4 heterocycles. The highest BCUT2D eigenvalue weighted by atomic mass is 15.2. The van der Waals surface area contributed by atoms with Crippen molar-refractivity contribution >= 4 is 65.4 Å². The van der Waals surface area contributed by atoms with Crippen LogP contribution in [0.4, 0.5) is 0 Å². The first-order chi connectivity index (χ1) is 28.3. The largest absolute Gasteiger partial charge is 0.309 e. The van der Waals surface area contributed by atoms with Crippen molar-refractivity contribution in [3.05, 3.63) is 194 Å². The quantitative estimate of drug-likeness (QED) is 0.177. The van der Waals surface area contributed by atoms with Gasteiger partial charge >= 0.3 is 0 Å². The van der Waals surface area contributed by atoms with Crippen LogP contribution in [0.3, 0.4) is 0 Å². The Morgan fingerprint density at radius 2 is 0.789 bits per heavy atom. The Balaban J connectivity index is 1.13. The van der Waals surface area contributed by atoms with Gasteiger partial charge in [0.25, 0.3) is 0 Å². The molecule has 12 rings (SSSR count). The van der Waals surface area contributed by atoms with E-state index in [9.17, 15) is 0 Å².